The van der Waals surface area contributed by atoms with Gasteiger partial charge in [-0.2, -0.15) is 0 Å². The molecular weight excluding hydrogens is 388 g/mol. The van der Waals surface area contributed by atoms with E-state index in [9.17, 15) is 13.6 Å². The van der Waals surface area contributed by atoms with E-state index in [0.717, 1.165) is 12.1 Å². The number of rotatable bonds is 6. The Labute approximate surface area is 127 Å². The van der Waals surface area contributed by atoms with E-state index in [4.69, 9.17) is 4.74 Å². The Bertz CT molecular complexity index is 434. The van der Waals surface area contributed by atoms with Crippen molar-refractivity contribution in [1.29, 1.82) is 0 Å². The highest BCUT2D eigenvalue weighted by Crippen LogP contribution is 2.21. The number of ether oxygens (including phenoxy) is 1. The van der Waals surface area contributed by atoms with Gasteiger partial charge in [0, 0.05) is 30.0 Å². The molecule has 0 heterocycles. The molecule has 0 aromatic heterocycles. The highest BCUT2D eigenvalue weighted by molar-refractivity contribution is 9.10. The summed E-state index contributed by atoms with van der Waals surface area (Å²) in [5.41, 5.74) is -0.541. The number of alkyl halides is 1. The topological polar surface area (TPSA) is 29.5 Å². The first-order chi connectivity index (χ1) is 9.01. The summed E-state index contributed by atoms with van der Waals surface area (Å²) in [7, 11) is 1.50. The monoisotopic (exact) mass is 399 g/mol. The molecule has 0 aliphatic carbocycles. The number of halogens is 4. The quantitative estimate of drug-likeness (QED) is 0.686. The number of carbonyl (C=O) groups is 1. The van der Waals surface area contributed by atoms with Crippen molar-refractivity contribution in [2.45, 2.75) is 0 Å². The molecule has 1 aromatic rings. The molecule has 106 valence electrons. The van der Waals surface area contributed by atoms with Gasteiger partial charge in [-0.15, -0.1) is 0 Å². The van der Waals surface area contributed by atoms with Crippen molar-refractivity contribution in [1.82, 2.24) is 4.90 Å². The maximum absolute atomic E-state index is 13.7. The van der Waals surface area contributed by atoms with Crippen LogP contribution in [-0.4, -0.2) is 42.9 Å². The highest BCUT2D eigenvalue weighted by Gasteiger charge is 2.23. The number of carbonyl (C=O) groups excluding carboxylic acids is 1. The van der Waals surface area contributed by atoms with Gasteiger partial charge in [-0.05, 0) is 12.1 Å². The minimum absolute atomic E-state index is 0.253. The lowest BCUT2D eigenvalue weighted by atomic mass is 10.1. The minimum Gasteiger partial charge on any atom is -0.383 e. The molecule has 0 saturated carbocycles. The van der Waals surface area contributed by atoms with Crippen LogP contribution in [0.2, 0.25) is 0 Å². The Morgan fingerprint density at radius 2 is 1.89 bits per heavy atom. The molecule has 7 heteroatoms. The van der Waals surface area contributed by atoms with E-state index >= 15 is 0 Å². The van der Waals surface area contributed by atoms with Crippen molar-refractivity contribution in [3.05, 3.63) is 33.8 Å². The molecule has 0 saturated heterocycles. The Morgan fingerprint density at radius 3 is 2.37 bits per heavy atom. The second kappa shape index (κ2) is 7.91. The molecule has 1 amide bonds. The van der Waals surface area contributed by atoms with Gasteiger partial charge in [0.1, 0.15) is 17.2 Å². The molecule has 0 atom stereocenters. The summed E-state index contributed by atoms with van der Waals surface area (Å²) in [5, 5.41) is 0.516. The van der Waals surface area contributed by atoms with Gasteiger partial charge >= 0.3 is 0 Å². The van der Waals surface area contributed by atoms with Crippen LogP contribution in [0.15, 0.2) is 16.6 Å². The van der Waals surface area contributed by atoms with Crippen LogP contribution in [0.1, 0.15) is 10.4 Å². The first kappa shape index (κ1) is 16.5. The van der Waals surface area contributed by atoms with E-state index in [1.807, 2.05) is 0 Å². The molecule has 0 bridgehead atoms. The SMILES string of the molecule is COCCN(CCBr)C(=O)c1c(F)cc(Br)cc1F. The predicted molar refractivity (Wildman–Crippen MR) is 75.6 cm³/mol. The number of hydrogen-bond acceptors (Lipinski definition) is 2. The lowest BCUT2D eigenvalue weighted by Crippen LogP contribution is -2.36. The zero-order valence-corrected chi connectivity index (χ0v) is 13.4. The lowest BCUT2D eigenvalue weighted by Gasteiger charge is -2.22. The summed E-state index contributed by atoms with van der Waals surface area (Å²) in [6.45, 7) is 0.922. The Kier molecular flexibility index (Phi) is 6.88. The molecular formula is C12H13Br2F2NO2. The van der Waals surface area contributed by atoms with Gasteiger partial charge in [0.15, 0.2) is 0 Å². The fourth-order valence-corrected chi connectivity index (χ4v) is 2.35. The van der Waals surface area contributed by atoms with E-state index in [-0.39, 0.29) is 11.0 Å². The van der Waals surface area contributed by atoms with Crippen LogP contribution in [0.25, 0.3) is 0 Å². The molecule has 0 spiro atoms. The Morgan fingerprint density at radius 1 is 1.32 bits per heavy atom. The van der Waals surface area contributed by atoms with Crippen LogP contribution >= 0.6 is 31.9 Å². The summed E-state index contributed by atoms with van der Waals surface area (Å²) in [6.07, 6.45) is 0. The molecule has 0 unspecified atom stereocenters. The van der Waals surface area contributed by atoms with Crippen LogP contribution in [0.4, 0.5) is 8.78 Å². The summed E-state index contributed by atoms with van der Waals surface area (Å²) in [6, 6.07) is 2.14. The maximum atomic E-state index is 13.7. The molecule has 3 nitrogen and oxygen atoms in total. The van der Waals surface area contributed by atoms with Crippen molar-refractivity contribution < 1.29 is 18.3 Å². The van der Waals surface area contributed by atoms with Gasteiger partial charge < -0.3 is 9.64 Å². The van der Waals surface area contributed by atoms with Crippen molar-refractivity contribution in [2.75, 3.05) is 32.1 Å². The normalized spacial score (nSPS) is 10.6. The van der Waals surface area contributed by atoms with Gasteiger partial charge in [-0.25, -0.2) is 8.78 Å². The van der Waals surface area contributed by atoms with E-state index < -0.39 is 23.1 Å². The van der Waals surface area contributed by atoms with Crippen LogP contribution in [-0.2, 0) is 4.74 Å². The molecule has 0 radical (unpaired) electrons. The summed E-state index contributed by atoms with van der Waals surface area (Å²) in [5.74, 6) is -2.44. The number of nitrogens with zero attached hydrogens (tertiary/aromatic N) is 1. The van der Waals surface area contributed by atoms with Gasteiger partial charge in [0.05, 0.1) is 6.61 Å². The molecule has 0 aliphatic heterocycles. The third kappa shape index (κ3) is 4.50. The summed E-state index contributed by atoms with van der Waals surface area (Å²) >= 11 is 6.18. The number of hydrogen-bond donors (Lipinski definition) is 0. The minimum atomic E-state index is -0.881. The molecule has 0 aliphatic rings. The summed E-state index contributed by atoms with van der Waals surface area (Å²) < 4.78 is 32.6. The van der Waals surface area contributed by atoms with Gasteiger partial charge in [0.2, 0.25) is 0 Å². The van der Waals surface area contributed by atoms with Gasteiger partial charge in [-0.3, -0.25) is 4.79 Å². The zero-order valence-electron chi connectivity index (χ0n) is 10.3. The Hall–Kier alpha value is -0.530. The van der Waals surface area contributed by atoms with Crippen molar-refractivity contribution >= 4 is 37.8 Å². The van der Waals surface area contributed by atoms with Crippen LogP contribution in [0.5, 0.6) is 0 Å². The fraction of sp³-hybridized carbons (Fsp3) is 0.417. The lowest BCUT2D eigenvalue weighted by molar-refractivity contribution is 0.0699. The van der Waals surface area contributed by atoms with Gasteiger partial charge in [0.25, 0.3) is 5.91 Å². The van der Waals surface area contributed by atoms with E-state index in [1.165, 1.54) is 12.0 Å². The average molecular weight is 401 g/mol. The van der Waals surface area contributed by atoms with E-state index in [1.54, 1.807) is 0 Å². The van der Waals surface area contributed by atoms with Crippen LogP contribution in [0, 0.1) is 11.6 Å². The smallest absolute Gasteiger partial charge is 0.259 e. The Balaban J connectivity index is 3.02. The second-order valence-corrected chi connectivity index (χ2v) is 5.43. The van der Waals surface area contributed by atoms with Crippen LogP contribution < -0.4 is 0 Å². The molecule has 0 fully saturated rings. The summed E-state index contributed by atoms with van der Waals surface area (Å²) in [4.78, 5) is 13.5. The molecule has 1 aromatic carbocycles. The third-order valence-corrected chi connectivity index (χ3v) is 3.24. The first-order valence-corrected chi connectivity index (χ1v) is 7.41. The predicted octanol–water partition coefficient (Wildman–Crippen LogP) is 3.21. The molecule has 1 rings (SSSR count). The largest absolute Gasteiger partial charge is 0.383 e. The van der Waals surface area contributed by atoms with Crippen molar-refractivity contribution in [3.8, 4) is 0 Å². The highest BCUT2D eigenvalue weighted by atomic mass is 79.9. The molecule has 19 heavy (non-hydrogen) atoms. The van der Waals surface area contributed by atoms with Crippen molar-refractivity contribution in [3.63, 3.8) is 0 Å². The van der Waals surface area contributed by atoms with Crippen molar-refractivity contribution in [2.24, 2.45) is 0 Å². The van der Waals surface area contributed by atoms with Crippen LogP contribution in [0.3, 0.4) is 0 Å². The zero-order chi connectivity index (χ0) is 14.4. The fourth-order valence-electron chi connectivity index (χ4n) is 1.52. The standard InChI is InChI=1S/C12H13Br2F2NO2/c1-19-5-4-17(3-2-13)12(18)11-9(15)6-8(14)7-10(11)16/h6-7H,2-5H2,1H3. The maximum Gasteiger partial charge on any atom is 0.259 e. The van der Waals surface area contributed by atoms with Gasteiger partial charge in [-0.1, -0.05) is 31.9 Å². The average Bonchev–Trinajstić information content (AvgIpc) is 2.33. The van der Waals surface area contributed by atoms with E-state index in [2.05, 4.69) is 31.9 Å². The number of amides is 1. The second-order valence-electron chi connectivity index (χ2n) is 3.72. The number of methoxy groups -OCH3 is 1. The third-order valence-electron chi connectivity index (χ3n) is 2.43. The number of benzene rings is 1. The first-order valence-electron chi connectivity index (χ1n) is 5.50. The van der Waals surface area contributed by atoms with E-state index in [0.29, 0.717) is 18.5 Å². The molecule has 0 N–H and O–H groups in total.